The SMILES string of the molecule is COc1ccccc1Cn1ncc(CCN)c1N. The van der Waals surface area contributed by atoms with Crippen molar-refractivity contribution in [3.05, 3.63) is 41.6 Å². The van der Waals surface area contributed by atoms with Gasteiger partial charge in [0.2, 0.25) is 0 Å². The number of rotatable bonds is 5. The molecule has 0 unspecified atom stereocenters. The Kier molecular flexibility index (Phi) is 3.84. The first-order valence-electron chi connectivity index (χ1n) is 5.88. The summed E-state index contributed by atoms with van der Waals surface area (Å²) in [6.07, 6.45) is 2.52. The average Bonchev–Trinajstić information content (AvgIpc) is 2.73. The van der Waals surface area contributed by atoms with Crippen LogP contribution in [-0.4, -0.2) is 23.4 Å². The van der Waals surface area contributed by atoms with Crippen LogP contribution in [0, 0.1) is 0 Å². The summed E-state index contributed by atoms with van der Waals surface area (Å²) >= 11 is 0. The summed E-state index contributed by atoms with van der Waals surface area (Å²) in [5, 5.41) is 4.29. The van der Waals surface area contributed by atoms with Crippen LogP contribution in [0.5, 0.6) is 5.75 Å². The van der Waals surface area contributed by atoms with Gasteiger partial charge in [0.05, 0.1) is 19.9 Å². The fourth-order valence-electron chi connectivity index (χ4n) is 1.90. The molecule has 2 aromatic rings. The van der Waals surface area contributed by atoms with Crippen molar-refractivity contribution in [3.63, 3.8) is 0 Å². The highest BCUT2D eigenvalue weighted by atomic mass is 16.5. The number of hydrogen-bond donors (Lipinski definition) is 2. The number of hydrogen-bond acceptors (Lipinski definition) is 4. The van der Waals surface area contributed by atoms with Crippen molar-refractivity contribution in [2.45, 2.75) is 13.0 Å². The van der Waals surface area contributed by atoms with E-state index in [4.69, 9.17) is 16.2 Å². The molecule has 1 aromatic heterocycles. The average molecular weight is 246 g/mol. The molecule has 0 aliphatic carbocycles. The maximum absolute atomic E-state index is 6.03. The summed E-state index contributed by atoms with van der Waals surface area (Å²) in [5.74, 6) is 1.51. The van der Waals surface area contributed by atoms with Gasteiger partial charge >= 0.3 is 0 Å². The number of benzene rings is 1. The molecule has 5 nitrogen and oxygen atoms in total. The van der Waals surface area contributed by atoms with Crippen LogP contribution in [0.1, 0.15) is 11.1 Å². The lowest BCUT2D eigenvalue weighted by atomic mass is 10.2. The van der Waals surface area contributed by atoms with E-state index in [1.165, 1.54) is 0 Å². The van der Waals surface area contributed by atoms with E-state index in [9.17, 15) is 0 Å². The van der Waals surface area contributed by atoms with Gasteiger partial charge in [-0.3, -0.25) is 0 Å². The fraction of sp³-hybridized carbons (Fsp3) is 0.308. The molecule has 0 atom stereocenters. The summed E-state index contributed by atoms with van der Waals surface area (Å²) < 4.78 is 7.08. The Morgan fingerprint density at radius 2 is 2.06 bits per heavy atom. The van der Waals surface area contributed by atoms with E-state index in [0.29, 0.717) is 18.9 Å². The van der Waals surface area contributed by atoms with Crippen LogP contribution in [0.15, 0.2) is 30.5 Å². The van der Waals surface area contributed by atoms with Gasteiger partial charge in [-0.05, 0) is 19.0 Å². The molecule has 0 aliphatic heterocycles. The van der Waals surface area contributed by atoms with E-state index in [1.54, 1.807) is 18.0 Å². The van der Waals surface area contributed by atoms with E-state index in [2.05, 4.69) is 5.10 Å². The molecule has 0 radical (unpaired) electrons. The molecule has 96 valence electrons. The van der Waals surface area contributed by atoms with Gasteiger partial charge in [0.1, 0.15) is 11.6 Å². The second-order valence-corrected chi connectivity index (χ2v) is 4.06. The molecule has 0 saturated carbocycles. The van der Waals surface area contributed by atoms with Crippen LogP contribution < -0.4 is 16.2 Å². The van der Waals surface area contributed by atoms with E-state index < -0.39 is 0 Å². The molecule has 0 fully saturated rings. The monoisotopic (exact) mass is 246 g/mol. The standard InChI is InChI=1S/C13H18N4O/c1-18-12-5-3-2-4-11(12)9-17-13(15)10(6-7-14)8-16-17/h2-5,8H,6-7,9,14-15H2,1H3. The Labute approximate surface area is 106 Å². The van der Waals surface area contributed by atoms with Gasteiger partial charge in [-0.1, -0.05) is 18.2 Å². The minimum absolute atomic E-state index is 0.574. The molecule has 0 bridgehead atoms. The summed E-state index contributed by atoms with van der Waals surface area (Å²) in [7, 11) is 1.66. The van der Waals surface area contributed by atoms with Crippen LogP contribution in [0.4, 0.5) is 5.82 Å². The zero-order valence-electron chi connectivity index (χ0n) is 10.5. The zero-order valence-corrected chi connectivity index (χ0v) is 10.5. The van der Waals surface area contributed by atoms with E-state index >= 15 is 0 Å². The topological polar surface area (TPSA) is 79.1 Å². The Morgan fingerprint density at radius 1 is 1.28 bits per heavy atom. The van der Waals surface area contributed by atoms with Crippen LogP contribution in [0.25, 0.3) is 0 Å². The molecule has 2 rings (SSSR count). The number of nitrogen functional groups attached to an aromatic ring is 1. The molecule has 0 spiro atoms. The maximum Gasteiger partial charge on any atom is 0.125 e. The minimum Gasteiger partial charge on any atom is -0.496 e. The normalized spacial score (nSPS) is 10.6. The van der Waals surface area contributed by atoms with Crippen molar-refractivity contribution in [1.82, 2.24) is 9.78 Å². The molecule has 0 saturated heterocycles. The second kappa shape index (κ2) is 5.55. The van der Waals surface area contributed by atoms with E-state index in [0.717, 1.165) is 23.3 Å². The smallest absolute Gasteiger partial charge is 0.125 e. The van der Waals surface area contributed by atoms with Gasteiger partial charge in [0, 0.05) is 11.1 Å². The summed E-state index contributed by atoms with van der Waals surface area (Å²) in [6.45, 7) is 1.17. The molecule has 0 aliphatic rings. The van der Waals surface area contributed by atoms with Gasteiger partial charge in [0.15, 0.2) is 0 Å². The minimum atomic E-state index is 0.574. The predicted octanol–water partition coefficient (Wildman–Crippen LogP) is 1.02. The Balaban J connectivity index is 2.23. The largest absolute Gasteiger partial charge is 0.496 e. The van der Waals surface area contributed by atoms with Crippen molar-refractivity contribution in [1.29, 1.82) is 0 Å². The molecular formula is C13H18N4O. The van der Waals surface area contributed by atoms with Crippen molar-refractivity contribution < 1.29 is 4.74 Å². The summed E-state index contributed by atoms with van der Waals surface area (Å²) in [4.78, 5) is 0. The van der Waals surface area contributed by atoms with Crippen molar-refractivity contribution in [3.8, 4) is 5.75 Å². The number of anilines is 1. The molecule has 1 aromatic carbocycles. The van der Waals surface area contributed by atoms with Crippen LogP contribution in [-0.2, 0) is 13.0 Å². The van der Waals surface area contributed by atoms with Gasteiger partial charge < -0.3 is 16.2 Å². The van der Waals surface area contributed by atoms with E-state index in [1.807, 2.05) is 24.3 Å². The molecule has 0 amide bonds. The molecular weight excluding hydrogens is 228 g/mol. The first-order valence-corrected chi connectivity index (χ1v) is 5.88. The van der Waals surface area contributed by atoms with Gasteiger partial charge in [-0.15, -0.1) is 0 Å². The number of nitrogens with zero attached hydrogens (tertiary/aromatic N) is 2. The Morgan fingerprint density at radius 3 is 2.78 bits per heavy atom. The first-order chi connectivity index (χ1) is 8.76. The van der Waals surface area contributed by atoms with Crippen LogP contribution in [0.3, 0.4) is 0 Å². The van der Waals surface area contributed by atoms with E-state index in [-0.39, 0.29) is 0 Å². The third-order valence-corrected chi connectivity index (χ3v) is 2.89. The highest BCUT2D eigenvalue weighted by Gasteiger charge is 2.09. The lowest BCUT2D eigenvalue weighted by molar-refractivity contribution is 0.407. The first kappa shape index (κ1) is 12.4. The third kappa shape index (κ3) is 2.46. The summed E-state index contributed by atoms with van der Waals surface area (Å²) in [5.41, 5.74) is 13.6. The van der Waals surface area contributed by atoms with Gasteiger partial charge in [0.25, 0.3) is 0 Å². The van der Waals surface area contributed by atoms with Crippen LogP contribution >= 0.6 is 0 Å². The third-order valence-electron chi connectivity index (χ3n) is 2.89. The Hall–Kier alpha value is -2.01. The summed E-state index contributed by atoms with van der Waals surface area (Å²) in [6, 6.07) is 7.84. The second-order valence-electron chi connectivity index (χ2n) is 4.06. The molecule has 4 N–H and O–H groups in total. The number of nitrogens with two attached hydrogens (primary N) is 2. The lowest BCUT2D eigenvalue weighted by Gasteiger charge is -2.09. The number of para-hydroxylation sites is 1. The Bertz CT molecular complexity index is 521. The van der Waals surface area contributed by atoms with Crippen molar-refractivity contribution in [2.24, 2.45) is 5.73 Å². The van der Waals surface area contributed by atoms with Gasteiger partial charge in [-0.25, -0.2) is 4.68 Å². The molecule has 1 heterocycles. The highest BCUT2D eigenvalue weighted by molar-refractivity contribution is 5.41. The molecule has 18 heavy (non-hydrogen) atoms. The lowest BCUT2D eigenvalue weighted by Crippen LogP contribution is -2.09. The van der Waals surface area contributed by atoms with Gasteiger partial charge in [-0.2, -0.15) is 5.10 Å². The predicted molar refractivity (Wildman–Crippen MR) is 71.5 cm³/mol. The fourth-order valence-corrected chi connectivity index (χ4v) is 1.90. The van der Waals surface area contributed by atoms with Crippen molar-refractivity contribution >= 4 is 5.82 Å². The highest BCUT2D eigenvalue weighted by Crippen LogP contribution is 2.20. The number of ether oxygens (including phenoxy) is 1. The van der Waals surface area contributed by atoms with Crippen LogP contribution in [0.2, 0.25) is 0 Å². The quantitative estimate of drug-likeness (QED) is 0.825. The molecule has 5 heteroatoms. The maximum atomic E-state index is 6.03. The number of aromatic nitrogens is 2. The number of methoxy groups -OCH3 is 1. The van der Waals surface area contributed by atoms with Crippen molar-refractivity contribution in [2.75, 3.05) is 19.4 Å². The zero-order chi connectivity index (χ0) is 13.0.